The smallest absolute Gasteiger partial charge is 0.0545 e. The lowest BCUT2D eigenvalue weighted by Crippen LogP contribution is -2.28. The Hall–Kier alpha value is -0.0800. The van der Waals surface area contributed by atoms with Crippen LogP contribution in [-0.2, 0) is 0 Å². The number of rotatable bonds is 21. The van der Waals surface area contributed by atoms with E-state index in [2.05, 4.69) is 20.8 Å². The van der Waals surface area contributed by atoms with Gasteiger partial charge in [-0.2, -0.15) is 0 Å². The zero-order valence-electron chi connectivity index (χ0n) is 19.1. The van der Waals surface area contributed by atoms with Crippen LogP contribution in [0.4, 0.5) is 0 Å². The maximum atomic E-state index is 10.6. The zero-order valence-corrected chi connectivity index (χ0v) is 19.1. The van der Waals surface area contributed by atoms with Gasteiger partial charge < -0.3 is 10.2 Å². The first-order valence-electron chi connectivity index (χ1n) is 12.4. The highest BCUT2D eigenvalue weighted by Crippen LogP contribution is 2.40. The largest absolute Gasteiger partial charge is 0.396 e. The highest BCUT2D eigenvalue weighted by atomic mass is 16.3. The monoisotopic (exact) mass is 384 g/mol. The Kier molecular flexibility index (Phi) is 19.2. The summed E-state index contributed by atoms with van der Waals surface area (Å²) in [5.74, 6) is 0. The minimum atomic E-state index is -0.184. The van der Waals surface area contributed by atoms with Crippen LogP contribution in [0.1, 0.15) is 143 Å². The van der Waals surface area contributed by atoms with Gasteiger partial charge in [0.15, 0.2) is 0 Å². The van der Waals surface area contributed by atoms with E-state index < -0.39 is 0 Å². The van der Waals surface area contributed by atoms with Crippen LogP contribution in [0.3, 0.4) is 0 Å². The van der Waals surface area contributed by atoms with Gasteiger partial charge in [0.25, 0.3) is 0 Å². The number of unbranched alkanes of at least 4 members (excludes halogenated alkanes) is 11. The van der Waals surface area contributed by atoms with Crippen molar-refractivity contribution in [2.24, 2.45) is 5.41 Å². The first kappa shape index (κ1) is 26.9. The van der Waals surface area contributed by atoms with Crippen LogP contribution >= 0.6 is 0 Å². The van der Waals surface area contributed by atoms with Gasteiger partial charge >= 0.3 is 0 Å². The highest BCUT2D eigenvalue weighted by Gasteiger charge is 2.31. The van der Waals surface area contributed by atoms with Crippen LogP contribution in [0.15, 0.2) is 0 Å². The minimum absolute atomic E-state index is 0.164. The third-order valence-electron chi connectivity index (χ3n) is 6.32. The number of hydrogen-bond donors (Lipinski definition) is 2. The van der Waals surface area contributed by atoms with Crippen molar-refractivity contribution in [1.82, 2.24) is 0 Å². The molecule has 0 spiro atoms. The molecule has 0 aromatic carbocycles. The summed E-state index contributed by atoms with van der Waals surface area (Å²) in [5.41, 5.74) is 0.164. The summed E-state index contributed by atoms with van der Waals surface area (Å²) in [6, 6.07) is 0. The molecule has 1 atom stereocenters. The second-order valence-electron chi connectivity index (χ2n) is 9.01. The molecule has 0 amide bonds. The van der Waals surface area contributed by atoms with E-state index in [-0.39, 0.29) is 18.1 Å². The van der Waals surface area contributed by atoms with E-state index in [4.69, 9.17) is 0 Å². The van der Waals surface area contributed by atoms with Crippen LogP contribution < -0.4 is 0 Å². The van der Waals surface area contributed by atoms with Crippen molar-refractivity contribution < 1.29 is 10.2 Å². The van der Waals surface area contributed by atoms with Gasteiger partial charge in [-0.3, -0.25) is 0 Å². The van der Waals surface area contributed by atoms with E-state index >= 15 is 0 Å². The van der Waals surface area contributed by atoms with E-state index in [0.29, 0.717) is 0 Å². The third-order valence-corrected chi connectivity index (χ3v) is 6.32. The molecule has 1 unspecified atom stereocenters. The molecule has 2 heteroatoms. The Morgan fingerprint density at radius 3 is 1.48 bits per heavy atom. The molecule has 0 saturated heterocycles. The van der Waals surface area contributed by atoms with Crippen molar-refractivity contribution in [3.05, 3.63) is 0 Å². The molecule has 0 bridgehead atoms. The Morgan fingerprint density at radius 1 is 0.593 bits per heavy atom. The van der Waals surface area contributed by atoms with E-state index in [1.165, 1.54) is 89.9 Å². The quantitative estimate of drug-likeness (QED) is 0.198. The van der Waals surface area contributed by atoms with Crippen LogP contribution in [0.2, 0.25) is 0 Å². The molecule has 0 radical (unpaired) electrons. The van der Waals surface area contributed by atoms with Gasteiger partial charge in [-0.25, -0.2) is 0 Å². The number of aliphatic hydroxyl groups excluding tert-OH is 2. The third kappa shape index (κ3) is 15.5. The van der Waals surface area contributed by atoms with Gasteiger partial charge in [0.05, 0.1) is 6.10 Å². The lowest BCUT2D eigenvalue weighted by Gasteiger charge is -2.36. The van der Waals surface area contributed by atoms with Gasteiger partial charge in [-0.05, 0) is 37.5 Å². The van der Waals surface area contributed by atoms with Gasteiger partial charge in [-0.1, -0.05) is 111 Å². The molecule has 0 aromatic heterocycles. The number of aliphatic hydroxyl groups is 2. The summed E-state index contributed by atoms with van der Waals surface area (Å²) in [4.78, 5) is 0. The van der Waals surface area contributed by atoms with Crippen molar-refractivity contribution in [2.75, 3.05) is 6.61 Å². The SMILES string of the molecule is CCCCCCCCC(CCO)(CCCCCCCC)CC(O)CCCC. The summed E-state index contributed by atoms with van der Waals surface area (Å²) < 4.78 is 0. The van der Waals surface area contributed by atoms with Crippen LogP contribution in [0, 0.1) is 5.41 Å². The van der Waals surface area contributed by atoms with Crippen LogP contribution in [0.5, 0.6) is 0 Å². The Morgan fingerprint density at radius 2 is 1.04 bits per heavy atom. The van der Waals surface area contributed by atoms with Gasteiger partial charge in [0, 0.05) is 6.61 Å². The molecule has 0 aromatic rings. The molecule has 0 fully saturated rings. The zero-order chi connectivity index (χ0) is 20.2. The summed E-state index contributed by atoms with van der Waals surface area (Å²) in [7, 11) is 0. The van der Waals surface area contributed by atoms with Gasteiger partial charge in [-0.15, -0.1) is 0 Å². The molecule has 164 valence electrons. The Labute approximate surface area is 171 Å². The maximum Gasteiger partial charge on any atom is 0.0545 e. The van der Waals surface area contributed by atoms with Crippen molar-refractivity contribution in [1.29, 1.82) is 0 Å². The average molecular weight is 385 g/mol. The second-order valence-corrected chi connectivity index (χ2v) is 9.01. The molecule has 0 rings (SSSR count). The topological polar surface area (TPSA) is 40.5 Å². The molecular weight excluding hydrogens is 332 g/mol. The molecule has 27 heavy (non-hydrogen) atoms. The predicted molar refractivity (Wildman–Crippen MR) is 120 cm³/mol. The average Bonchev–Trinajstić information content (AvgIpc) is 2.66. The Balaban J connectivity index is 4.57. The fraction of sp³-hybridized carbons (Fsp3) is 1.00. The summed E-state index contributed by atoms with van der Waals surface area (Å²) in [6.45, 7) is 7.00. The molecule has 0 aliphatic rings. The van der Waals surface area contributed by atoms with Gasteiger partial charge in [0.2, 0.25) is 0 Å². The summed E-state index contributed by atoms with van der Waals surface area (Å²) in [6.07, 6.45) is 23.1. The van der Waals surface area contributed by atoms with Crippen molar-refractivity contribution >= 4 is 0 Å². The van der Waals surface area contributed by atoms with Crippen LogP contribution in [-0.4, -0.2) is 22.9 Å². The van der Waals surface area contributed by atoms with Crippen molar-refractivity contribution in [3.8, 4) is 0 Å². The lowest BCUT2D eigenvalue weighted by molar-refractivity contribution is 0.0539. The van der Waals surface area contributed by atoms with Crippen molar-refractivity contribution in [2.45, 2.75) is 149 Å². The fourth-order valence-corrected chi connectivity index (χ4v) is 4.52. The number of hydrogen-bond acceptors (Lipinski definition) is 2. The fourth-order valence-electron chi connectivity index (χ4n) is 4.52. The maximum absolute atomic E-state index is 10.6. The molecule has 0 aliphatic heterocycles. The summed E-state index contributed by atoms with van der Waals surface area (Å²) >= 11 is 0. The molecule has 2 N–H and O–H groups in total. The lowest BCUT2D eigenvalue weighted by atomic mass is 9.71. The standard InChI is InChI=1S/C25H52O2/c1-4-7-10-12-14-16-19-25(21-22-26,23-24(27)18-9-6-3)20-17-15-13-11-8-5-2/h24,26-27H,4-23H2,1-3H3. The Bertz CT molecular complexity index is 274. The van der Waals surface area contributed by atoms with Crippen molar-refractivity contribution in [3.63, 3.8) is 0 Å². The second kappa shape index (κ2) is 19.2. The normalized spacial score (nSPS) is 13.2. The highest BCUT2D eigenvalue weighted by molar-refractivity contribution is 4.82. The molecular formula is C25H52O2. The first-order chi connectivity index (χ1) is 13.1. The van der Waals surface area contributed by atoms with E-state index in [1.807, 2.05) is 0 Å². The van der Waals surface area contributed by atoms with Crippen LogP contribution in [0.25, 0.3) is 0 Å². The van der Waals surface area contributed by atoms with E-state index in [0.717, 1.165) is 32.1 Å². The molecule has 2 nitrogen and oxygen atoms in total. The van der Waals surface area contributed by atoms with E-state index in [1.54, 1.807) is 0 Å². The summed E-state index contributed by atoms with van der Waals surface area (Å²) in [5, 5.41) is 20.4. The molecule has 0 saturated carbocycles. The molecule has 0 aliphatic carbocycles. The first-order valence-corrected chi connectivity index (χ1v) is 12.4. The predicted octanol–water partition coefficient (Wildman–Crippen LogP) is 7.80. The minimum Gasteiger partial charge on any atom is -0.396 e. The van der Waals surface area contributed by atoms with E-state index in [9.17, 15) is 10.2 Å². The van der Waals surface area contributed by atoms with Gasteiger partial charge in [0.1, 0.15) is 0 Å². The molecule has 0 heterocycles.